The Morgan fingerprint density at radius 1 is 1.20 bits per heavy atom. The first-order chi connectivity index (χ1) is 7.24. The summed E-state index contributed by atoms with van der Waals surface area (Å²) in [5.41, 5.74) is 1.73. The molecule has 1 saturated carbocycles. The molecule has 0 radical (unpaired) electrons. The lowest BCUT2D eigenvalue weighted by atomic mass is 9.89. The molecule has 0 unspecified atom stereocenters. The van der Waals surface area contributed by atoms with Gasteiger partial charge in [0.15, 0.2) is 0 Å². The molecule has 0 atom stereocenters. The van der Waals surface area contributed by atoms with E-state index in [-0.39, 0.29) is 0 Å². The van der Waals surface area contributed by atoms with Gasteiger partial charge < -0.3 is 5.32 Å². The number of nitrogens with one attached hydrogen (secondary N) is 1. The maximum absolute atomic E-state index is 5.88. The van der Waals surface area contributed by atoms with Gasteiger partial charge in [0.2, 0.25) is 0 Å². The molecule has 1 aliphatic carbocycles. The molecule has 1 aromatic carbocycles. The molecule has 0 saturated heterocycles. The second-order valence-corrected chi connectivity index (χ2v) is 4.98. The molecule has 1 aliphatic rings. The predicted molar refractivity (Wildman–Crippen MR) is 65.4 cm³/mol. The van der Waals surface area contributed by atoms with Crippen molar-refractivity contribution in [1.82, 2.24) is 5.32 Å². The van der Waals surface area contributed by atoms with Gasteiger partial charge in [-0.15, -0.1) is 0 Å². The zero-order chi connectivity index (χ0) is 10.7. The van der Waals surface area contributed by atoms with E-state index < -0.39 is 0 Å². The Morgan fingerprint density at radius 2 is 1.80 bits per heavy atom. The largest absolute Gasteiger partial charge is 0.314 e. The topological polar surface area (TPSA) is 12.0 Å². The molecule has 0 aliphatic heterocycles. The van der Waals surface area contributed by atoms with Crippen LogP contribution in [0.25, 0.3) is 0 Å². The average Bonchev–Trinajstić information content (AvgIpc) is 2.71. The minimum atomic E-state index is 0.341. The Balaban J connectivity index is 2.09. The van der Waals surface area contributed by atoms with Crippen molar-refractivity contribution in [2.24, 2.45) is 0 Å². The van der Waals surface area contributed by atoms with E-state index in [1.165, 1.54) is 31.2 Å². The van der Waals surface area contributed by atoms with E-state index in [2.05, 4.69) is 24.5 Å². The molecule has 1 fully saturated rings. The Hall–Kier alpha value is -0.530. The molecule has 82 valence electrons. The lowest BCUT2D eigenvalue weighted by Gasteiger charge is -2.28. The average molecular weight is 224 g/mol. The van der Waals surface area contributed by atoms with Crippen molar-refractivity contribution >= 4 is 11.6 Å². The highest BCUT2D eigenvalue weighted by Crippen LogP contribution is 2.32. The summed E-state index contributed by atoms with van der Waals surface area (Å²) < 4.78 is 0. The highest BCUT2D eigenvalue weighted by Gasteiger charge is 2.31. The molecule has 1 N–H and O–H groups in total. The monoisotopic (exact) mass is 223 g/mol. The SMILES string of the molecule is CNC1(Cc2ccc(Cl)cc2)CCCC1. The van der Waals surface area contributed by atoms with E-state index in [1.807, 2.05) is 12.1 Å². The van der Waals surface area contributed by atoms with Gasteiger partial charge >= 0.3 is 0 Å². The van der Waals surface area contributed by atoms with Gasteiger partial charge in [-0.05, 0) is 44.0 Å². The van der Waals surface area contributed by atoms with E-state index in [1.54, 1.807) is 0 Å². The van der Waals surface area contributed by atoms with E-state index in [4.69, 9.17) is 11.6 Å². The summed E-state index contributed by atoms with van der Waals surface area (Å²) in [5, 5.41) is 4.33. The fourth-order valence-electron chi connectivity index (χ4n) is 2.56. The van der Waals surface area contributed by atoms with Crippen LogP contribution in [0.5, 0.6) is 0 Å². The van der Waals surface area contributed by atoms with Crippen molar-refractivity contribution in [2.45, 2.75) is 37.6 Å². The van der Waals surface area contributed by atoms with Crippen molar-refractivity contribution in [1.29, 1.82) is 0 Å². The summed E-state index contributed by atoms with van der Waals surface area (Å²) in [7, 11) is 2.08. The van der Waals surface area contributed by atoms with Gasteiger partial charge in [-0.25, -0.2) is 0 Å². The normalized spacial score (nSPS) is 19.3. The third-order valence-electron chi connectivity index (χ3n) is 3.55. The number of likely N-dealkylation sites (N-methyl/N-ethyl adjacent to an activating group) is 1. The minimum absolute atomic E-state index is 0.341. The van der Waals surface area contributed by atoms with Crippen LogP contribution in [0.1, 0.15) is 31.2 Å². The number of hydrogen-bond donors (Lipinski definition) is 1. The number of halogens is 1. The van der Waals surface area contributed by atoms with Crippen LogP contribution in [-0.4, -0.2) is 12.6 Å². The molecule has 15 heavy (non-hydrogen) atoms. The second-order valence-electron chi connectivity index (χ2n) is 4.54. The third-order valence-corrected chi connectivity index (χ3v) is 3.80. The molecule has 0 aromatic heterocycles. The molecule has 0 spiro atoms. The highest BCUT2D eigenvalue weighted by atomic mass is 35.5. The third kappa shape index (κ3) is 2.53. The van der Waals surface area contributed by atoms with Crippen LogP contribution in [0.2, 0.25) is 5.02 Å². The van der Waals surface area contributed by atoms with Crippen molar-refractivity contribution in [3.63, 3.8) is 0 Å². The zero-order valence-corrected chi connectivity index (χ0v) is 9.98. The van der Waals surface area contributed by atoms with Crippen LogP contribution in [0.15, 0.2) is 24.3 Å². The van der Waals surface area contributed by atoms with Gasteiger partial charge in [-0.3, -0.25) is 0 Å². The predicted octanol–water partition coefficient (Wildman–Crippen LogP) is 3.41. The van der Waals surface area contributed by atoms with Crippen LogP contribution in [0.3, 0.4) is 0 Å². The summed E-state index contributed by atoms with van der Waals surface area (Å²) in [4.78, 5) is 0. The number of hydrogen-bond acceptors (Lipinski definition) is 1. The van der Waals surface area contributed by atoms with Gasteiger partial charge in [0.25, 0.3) is 0 Å². The number of rotatable bonds is 3. The first kappa shape index (κ1) is 11.0. The summed E-state index contributed by atoms with van der Waals surface area (Å²) in [6.07, 6.45) is 6.43. The van der Waals surface area contributed by atoms with E-state index in [9.17, 15) is 0 Å². The van der Waals surface area contributed by atoms with E-state index >= 15 is 0 Å². The molecule has 0 bridgehead atoms. The Kier molecular flexibility index (Phi) is 3.32. The van der Waals surface area contributed by atoms with Crippen LogP contribution < -0.4 is 5.32 Å². The van der Waals surface area contributed by atoms with Crippen LogP contribution >= 0.6 is 11.6 Å². The summed E-state index contributed by atoms with van der Waals surface area (Å²) >= 11 is 5.88. The van der Waals surface area contributed by atoms with E-state index in [0.29, 0.717) is 5.54 Å². The Labute approximate surface area is 96.8 Å². The fraction of sp³-hybridized carbons (Fsp3) is 0.538. The first-order valence-corrected chi connectivity index (χ1v) is 6.05. The Bertz CT molecular complexity index is 312. The van der Waals surface area contributed by atoms with Crippen molar-refractivity contribution in [3.8, 4) is 0 Å². The van der Waals surface area contributed by atoms with Gasteiger partial charge in [-0.1, -0.05) is 36.6 Å². The first-order valence-electron chi connectivity index (χ1n) is 5.67. The van der Waals surface area contributed by atoms with Crippen LogP contribution in [0.4, 0.5) is 0 Å². The highest BCUT2D eigenvalue weighted by molar-refractivity contribution is 6.30. The quantitative estimate of drug-likeness (QED) is 0.828. The molecule has 1 nitrogen and oxygen atoms in total. The summed E-state index contributed by atoms with van der Waals surface area (Å²) in [5.74, 6) is 0. The molecule has 2 rings (SSSR count). The zero-order valence-electron chi connectivity index (χ0n) is 9.22. The molecule has 0 heterocycles. The van der Waals surface area contributed by atoms with Crippen LogP contribution in [0, 0.1) is 0 Å². The molecular formula is C13H18ClN. The number of benzene rings is 1. The smallest absolute Gasteiger partial charge is 0.0406 e. The second kappa shape index (κ2) is 4.54. The molecule has 0 amide bonds. The van der Waals surface area contributed by atoms with Crippen LogP contribution in [-0.2, 0) is 6.42 Å². The summed E-state index contributed by atoms with van der Waals surface area (Å²) in [6, 6.07) is 8.24. The minimum Gasteiger partial charge on any atom is -0.314 e. The van der Waals surface area contributed by atoms with Gasteiger partial charge in [-0.2, -0.15) is 0 Å². The molecular weight excluding hydrogens is 206 g/mol. The van der Waals surface area contributed by atoms with E-state index in [0.717, 1.165) is 11.4 Å². The van der Waals surface area contributed by atoms with Crippen molar-refractivity contribution < 1.29 is 0 Å². The lowest BCUT2D eigenvalue weighted by molar-refractivity contribution is 0.357. The standard InChI is InChI=1S/C13H18ClN/c1-15-13(8-2-3-9-13)10-11-4-6-12(14)7-5-11/h4-7,15H,2-3,8-10H2,1H3. The van der Waals surface area contributed by atoms with Gasteiger partial charge in [0, 0.05) is 10.6 Å². The van der Waals surface area contributed by atoms with Crippen molar-refractivity contribution in [3.05, 3.63) is 34.9 Å². The van der Waals surface area contributed by atoms with Crippen molar-refractivity contribution in [2.75, 3.05) is 7.05 Å². The maximum atomic E-state index is 5.88. The maximum Gasteiger partial charge on any atom is 0.0406 e. The Morgan fingerprint density at radius 3 is 2.33 bits per heavy atom. The van der Waals surface area contributed by atoms with Gasteiger partial charge in [0.05, 0.1) is 0 Å². The fourth-order valence-corrected chi connectivity index (χ4v) is 2.69. The lowest BCUT2D eigenvalue weighted by Crippen LogP contribution is -2.42. The summed E-state index contributed by atoms with van der Waals surface area (Å²) in [6.45, 7) is 0. The van der Waals surface area contributed by atoms with Gasteiger partial charge in [0.1, 0.15) is 0 Å². The molecule has 1 aromatic rings. The molecule has 2 heteroatoms.